The predicted molar refractivity (Wildman–Crippen MR) is 229 cm³/mol. The van der Waals surface area contributed by atoms with E-state index in [9.17, 15) is 0 Å². The van der Waals surface area contributed by atoms with Crippen molar-refractivity contribution in [3.63, 3.8) is 0 Å². The zero-order valence-electron chi connectivity index (χ0n) is 28.8. The van der Waals surface area contributed by atoms with Crippen molar-refractivity contribution in [2.45, 2.75) is 0 Å². The molecule has 0 aliphatic heterocycles. The van der Waals surface area contributed by atoms with Crippen molar-refractivity contribution < 1.29 is 0 Å². The lowest BCUT2D eigenvalue weighted by atomic mass is 9.84. The highest BCUT2D eigenvalue weighted by Gasteiger charge is 2.19. The lowest BCUT2D eigenvalue weighted by Gasteiger charge is -2.18. The molecular formula is C52H31N. The molecule has 1 aromatic heterocycles. The van der Waals surface area contributed by atoms with Crippen LogP contribution >= 0.6 is 0 Å². The second-order valence-electron chi connectivity index (χ2n) is 14.4. The molecule has 11 aromatic carbocycles. The molecule has 0 fully saturated rings. The number of H-pyrrole nitrogens is 1. The number of rotatable bonds is 2. The summed E-state index contributed by atoms with van der Waals surface area (Å²) in [6.45, 7) is 0. The van der Waals surface area contributed by atoms with Gasteiger partial charge in [-0.05, 0) is 104 Å². The fraction of sp³-hybridized carbons (Fsp3) is 0. The van der Waals surface area contributed by atoms with Crippen molar-refractivity contribution in [2.24, 2.45) is 0 Å². The van der Waals surface area contributed by atoms with E-state index >= 15 is 0 Å². The van der Waals surface area contributed by atoms with E-state index < -0.39 is 0 Å². The minimum absolute atomic E-state index is 1.16. The minimum Gasteiger partial charge on any atom is -0.354 e. The predicted octanol–water partition coefficient (Wildman–Crippen LogP) is 14.7. The number of hydrogen-bond donors (Lipinski definition) is 1. The molecule has 0 atom stereocenters. The Morgan fingerprint density at radius 3 is 1.09 bits per heavy atom. The second kappa shape index (κ2) is 10.8. The quantitative estimate of drug-likeness (QED) is 0.139. The molecule has 0 amide bonds. The number of fused-ring (bicyclic) bond motifs is 16. The Morgan fingerprint density at radius 1 is 0.245 bits per heavy atom. The first-order valence-corrected chi connectivity index (χ1v) is 18.4. The topological polar surface area (TPSA) is 15.8 Å². The van der Waals surface area contributed by atoms with Gasteiger partial charge < -0.3 is 4.98 Å². The van der Waals surface area contributed by atoms with Crippen LogP contribution in [-0.4, -0.2) is 4.98 Å². The van der Waals surface area contributed by atoms with Gasteiger partial charge in [-0.2, -0.15) is 0 Å². The minimum atomic E-state index is 1.16. The molecule has 0 aliphatic rings. The van der Waals surface area contributed by atoms with Gasteiger partial charge in [-0.1, -0.05) is 170 Å². The monoisotopic (exact) mass is 669 g/mol. The lowest BCUT2D eigenvalue weighted by Crippen LogP contribution is -1.91. The number of aromatic nitrogens is 1. The van der Waals surface area contributed by atoms with Crippen molar-refractivity contribution in [2.75, 3.05) is 0 Å². The van der Waals surface area contributed by atoms with Crippen molar-refractivity contribution in [3.05, 3.63) is 182 Å². The first-order chi connectivity index (χ1) is 26.3. The maximum atomic E-state index is 3.90. The molecule has 12 rings (SSSR count). The van der Waals surface area contributed by atoms with E-state index in [4.69, 9.17) is 0 Å². The SMILES string of the molecule is c1ccc2c(-c3ccc4c5ccccc5c5ccccc5c4c3)c3ccccc3c(-c3ccc4c(c3)[nH]c3c5ccccc5c5ccccc5c43)c2c1. The van der Waals surface area contributed by atoms with Crippen LogP contribution in [0.25, 0.3) is 119 Å². The van der Waals surface area contributed by atoms with E-state index in [0.717, 1.165) is 5.52 Å². The Bertz CT molecular complexity index is 3420. The molecule has 12 aromatic rings. The highest BCUT2D eigenvalue weighted by atomic mass is 14.7. The summed E-state index contributed by atoms with van der Waals surface area (Å²) < 4.78 is 0. The molecule has 0 saturated heterocycles. The van der Waals surface area contributed by atoms with Gasteiger partial charge in [0.1, 0.15) is 0 Å². The van der Waals surface area contributed by atoms with Gasteiger partial charge in [0, 0.05) is 21.7 Å². The van der Waals surface area contributed by atoms with Crippen LogP contribution in [0.1, 0.15) is 0 Å². The standard InChI is InChI=1S/C52H31N/c1-2-15-35-33(13-1)34-14-3-4-18-38(34)47-29-31(25-27-39(35)47)49-41-20-8-10-22-43(41)50(44-23-11-9-21-42(44)49)32-26-28-46-48(30-32)53-52-45-24-12-6-17-37(45)36-16-5-7-19-40(36)51(46)52/h1-30,53H. The average molecular weight is 670 g/mol. The molecule has 0 spiro atoms. The van der Waals surface area contributed by atoms with Crippen LogP contribution in [-0.2, 0) is 0 Å². The third-order valence-electron chi connectivity index (χ3n) is 11.7. The number of nitrogens with one attached hydrogen (secondary N) is 1. The van der Waals surface area contributed by atoms with Crippen LogP contribution in [0.4, 0.5) is 0 Å². The van der Waals surface area contributed by atoms with Crippen LogP contribution in [0.15, 0.2) is 182 Å². The van der Waals surface area contributed by atoms with Crippen molar-refractivity contribution in [3.8, 4) is 22.3 Å². The van der Waals surface area contributed by atoms with Gasteiger partial charge in [0.05, 0.1) is 5.52 Å². The highest BCUT2D eigenvalue weighted by molar-refractivity contribution is 6.32. The molecule has 0 radical (unpaired) electrons. The molecule has 1 N–H and O–H groups in total. The summed E-state index contributed by atoms with van der Waals surface area (Å²) in [6, 6.07) is 67.4. The fourth-order valence-corrected chi connectivity index (χ4v) is 9.52. The Balaban J connectivity index is 1.14. The van der Waals surface area contributed by atoms with Crippen LogP contribution in [0.2, 0.25) is 0 Å². The van der Waals surface area contributed by atoms with E-state index in [1.165, 1.54) is 114 Å². The third-order valence-corrected chi connectivity index (χ3v) is 11.7. The zero-order valence-corrected chi connectivity index (χ0v) is 28.8. The first kappa shape index (κ1) is 28.7. The maximum absolute atomic E-state index is 3.90. The Hall–Kier alpha value is -6.96. The van der Waals surface area contributed by atoms with Crippen LogP contribution in [0.5, 0.6) is 0 Å². The average Bonchev–Trinajstić information content (AvgIpc) is 3.62. The fourth-order valence-electron chi connectivity index (χ4n) is 9.52. The van der Waals surface area contributed by atoms with Crippen LogP contribution < -0.4 is 0 Å². The number of aromatic amines is 1. The molecule has 1 heterocycles. The Kier molecular flexibility index (Phi) is 5.84. The van der Waals surface area contributed by atoms with Gasteiger partial charge in [0.25, 0.3) is 0 Å². The van der Waals surface area contributed by atoms with Gasteiger partial charge >= 0.3 is 0 Å². The largest absolute Gasteiger partial charge is 0.354 e. The van der Waals surface area contributed by atoms with Gasteiger partial charge in [-0.15, -0.1) is 0 Å². The van der Waals surface area contributed by atoms with Gasteiger partial charge in [-0.3, -0.25) is 0 Å². The van der Waals surface area contributed by atoms with Gasteiger partial charge in [0.15, 0.2) is 0 Å². The molecule has 1 nitrogen and oxygen atoms in total. The number of hydrogen-bond acceptors (Lipinski definition) is 0. The molecule has 53 heavy (non-hydrogen) atoms. The zero-order chi connectivity index (χ0) is 34.6. The van der Waals surface area contributed by atoms with E-state index in [0.29, 0.717) is 0 Å². The van der Waals surface area contributed by atoms with Crippen molar-refractivity contribution in [1.29, 1.82) is 0 Å². The van der Waals surface area contributed by atoms with Crippen LogP contribution in [0.3, 0.4) is 0 Å². The van der Waals surface area contributed by atoms with E-state index in [1.807, 2.05) is 0 Å². The van der Waals surface area contributed by atoms with E-state index in [2.05, 4.69) is 187 Å². The van der Waals surface area contributed by atoms with Crippen LogP contribution in [0, 0.1) is 0 Å². The lowest BCUT2D eigenvalue weighted by molar-refractivity contribution is 1.56. The van der Waals surface area contributed by atoms with E-state index in [-0.39, 0.29) is 0 Å². The summed E-state index contributed by atoms with van der Waals surface area (Å²) in [4.78, 5) is 3.90. The summed E-state index contributed by atoms with van der Waals surface area (Å²) in [5, 5.41) is 20.5. The van der Waals surface area contributed by atoms with Crippen molar-refractivity contribution in [1.82, 2.24) is 4.98 Å². The van der Waals surface area contributed by atoms with Crippen molar-refractivity contribution >= 4 is 97.2 Å². The van der Waals surface area contributed by atoms with E-state index in [1.54, 1.807) is 0 Å². The Labute approximate surface area is 305 Å². The molecular weight excluding hydrogens is 639 g/mol. The molecule has 244 valence electrons. The molecule has 0 saturated carbocycles. The summed E-state index contributed by atoms with van der Waals surface area (Å²) in [5.41, 5.74) is 7.36. The summed E-state index contributed by atoms with van der Waals surface area (Å²) >= 11 is 0. The highest BCUT2D eigenvalue weighted by Crippen LogP contribution is 2.47. The third kappa shape index (κ3) is 3.97. The normalized spacial score (nSPS) is 12.2. The van der Waals surface area contributed by atoms with Gasteiger partial charge in [0.2, 0.25) is 0 Å². The second-order valence-corrected chi connectivity index (χ2v) is 14.4. The maximum Gasteiger partial charge on any atom is 0.0551 e. The number of benzene rings is 11. The molecule has 0 unspecified atom stereocenters. The molecule has 1 heteroatoms. The molecule has 0 bridgehead atoms. The summed E-state index contributed by atoms with van der Waals surface area (Å²) in [6.07, 6.45) is 0. The smallest absolute Gasteiger partial charge is 0.0551 e. The first-order valence-electron chi connectivity index (χ1n) is 18.4. The molecule has 0 aliphatic carbocycles. The van der Waals surface area contributed by atoms with Gasteiger partial charge in [-0.25, -0.2) is 0 Å². The summed E-state index contributed by atoms with van der Waals surface area (Å²) in [5.74, 6) is 0. The summed E-state index contributed by atoms with van der Waals surface area (Å²) in [7, 11) is 0. The Morgan fingerprint density at radius 2 is 0.585 bits per heavy atom.